The predicted octanol–water partition coefficient (Wildman–Crippen LogP) is 6.74. The highest BCUT2D eigenvalue weighted by Crippen LogP contribution is 2.57. The van der Waals surface area contributed by atoms with Crippen molar-refractivity contribution in [3.63, 3.8) is 0 Å². The van der Waals surface area contributed by atoms with E-state index in [4.69, 9.17) is 23.9 Å². The number of ether oxygens (including phenoxy) is 4. The summed E-state index contributed by atoms with van der Waals surface area (Å²) in [6, 6.07) is 3.39. The Hall–Kier alpha value is -4.15. The number of fused-ring (bicyclic) bond motifs is 2. The number of likely N-dealkylation sites (tertiary alicyclic amines) is 1. The second-order valence-corrected chi connectivity index (χ2v) is 16.1. The van der Waals surface area contributed by atoms with Gasteiger partial charge in [-0.15, -0.1) is 6.58 Å². The van der Waals surface area contributed by atoms with Crippen LogP contribution in [0.25, 0.3) is 17.1 Å². The van der Waals surface area contributed by atoms with Crippen LogP contribution in [-0.2, 0) is 19.1 Å². The van der Waals surface area contributed by atoms with E-state index in [1.807, 2.05) is 33.8 Å². The van der Waals surface area contributed by atoms with Crippen LogP contribution in [0.15, 0.2) is 37.4 Å². The molecule has 2 aromatic rings. The molecular weight excluding hydrogens is 636 g/mol. The smallest absolute Gasteiger partial charge is 0.408 e. The molecule has 0 radical (unpaired) electrons. The molecule has 8 atom stereocenters. The summed E-state index contributed by atoms with van der Waals surface area (Å²) in [4.78, 5) is 52.7. The third-order valence-corrected chi connectivity index (χ3v) is 10.2. The van der Waals surface area contributed by atoms with Crippen molar-refractivity contribution in [3.05, 3.63) is 43.1 Å². The first kappa shape index (κ1) is 37.1. The van der Waals surface area contributed by atoms with Gasteiger partial charge in [-0.1, -0.05) is 40.3 Å². The van der Waals surface area contributed by atoms with E-state index in [1.165, 1.54) is 11.3 Å². The number of benzene rings is 1. The number of carbonyl (C=O) groups is 3. The molecule has 1 aliphatic heterocycles. The zero-order valence-electron chi connectivity index (χ0n) is 30.9. The van der Waals surface area contributed by atoms with Crippen molar-refractivity contribution >= 4 is 35.1 Å². The largest absolute Gasteiger partial charge is 0.497 e. The molecule has 2 amide bonds. The zero-order valence-corrected chi connectivity index (χ0v) is 30.9. The number of alkyl carbamates (subject to hydrolysis) is 1. The zero-order chi connectivity index (χ0) is 36.5. The number of aromatic nitrogens is 2. The molecular formula is C39H54N4O7. The van der Waals surface area contributed by atoms with E-state index in [2.05, 4.69) is 23.5 Å². The van der Waals surface area contributed by atoms with Gasteiger partial charge in [-0.2, -0.15) is 0 Å². The van der Waals surface area contributed by atoms with E-state index in [9.17, 15) is 14.4 Å². The number of carbonyl (C=O) groups excluding carboxylic acids is 3. The van der Waals surface area contributed by atoms with Crippen LogP contribution in [0.4, 0.5) is 4.79 Å². The van der Waals surface area contributed by atoms with Gasteiger partial charge in [0.05, 0.1) is 24.7 Å². The lowest BCUT2D eigenvalue weighted by Gasteiger charge is -2.36. The van der Waals surface area contributed by atoms with E-state index >= 15 is 0 Å². The molecule has 1 aromatic heterocycles. The maximum absolute atomic E-state index is 14.6. The van der Waals surface area contributed by atoms with Gasteiger partial charge in [0.15, 0.2) is 0 Å². The van der Waals surface area contributed by atoms with Crippen molar-refractivity contribution in [3.8, 4) is 11.6 Å². The number of hydrogen-bond donors (Lipinski definition) is 1. The van der Waals surface area contributed by atoms with Gasteiger partial charge in [-0.05, 0) is 94.3 Å². The molecule has 1 saturated heterocycles. The van der Waals surface area contributed by atoms with Gasteiger partial charge in [0, 0.05) is 12.0 Å². The average molecular weight is 691 g/mol. The van der Waals surface area contributed by atoms with Gasteiger partial charge in [0.1, 0.15) is 41.3 Å². The minimum Gasteiger partial charge on any atom is -0.497 e. The van der Waals surface area contributed by atoms with E-state index in [1.54, 1.807) is 52.2 Å². The topological polar surface area (TPSA) is 129 Å². The fourth-order valence-corrected chi connectivity index (χ4v) is 7.51. The van der Waals surface area contributed by atoms with Gasteiger partial charge in [-0.25, -0.2) is 19.6 Å². The number of unbranched alkanes of at least 4 members (excludes halogenated alkanes) is 1. The van der Waals surface area contributed by atoms with E-state index < -0.39 is 53.1 Å². The number of nitrogens with one attached hydrogen (secondary N) is 1. The number of allylic oxidation sites excluding steroid dienone is 1. The Morgan fingerprint density at radius 3 is 2.44 bits per heavy atom. The van der Waals surface area contributed by atoms with Crippen molar-refractivity contribution in [2.45, 2.75) is 110 Å². The van der Waals surface area contributed by atoms with Crippen molar-refractivity contribution in [1.29, 1.82) is 0 Å². The van der Waals surface area contributed by atoms with Gasteiger partial charge in [0.2, 0.25) is 11.8 Å². The van der Waals surface area contributed by atoms with Gasteiger partial charge < -0.3 is 29.2 Å². The summed E-state index contributed by atoms with van der Waals surface area (Å²) in [6.45, 7) is 20.6. The molecule has 1 aromatic carbocycles. The summed E-state index contributed by atoms with van der Waals surface area (Å²) in [5.74, 6) is 0.908. The quantitative estimate of drug-likeness (QED) is 0.146. The Kier molecular flexibility index (Phi) is 10.8. The predicted molar refractivity (Wildman–Crippen MR) is 192 cm³/mol. The first-order chi connectivity index (χ1) is 23.5. The van der Waals surface area contributed by atoms with E-state index in [-0.39, 0.29) is 18.5 Å². The van der Waals surface area contributed by atoms with E-state index in [0.29, 0.717) is 40.2 Å². The average Bonchev–Trinajstić information content (AvgIpc) is 3.61. The summed E-state index contributed by atoms with van der Waals surface area (Å²) in [5, 5.41) is 2.91. The summed E-state index contributed by atoms with van der Waals surface area (Å²) < 4.78 is 23.7. The SMILES string of the molecule is C=CCCC[C@H]1[C@@H]2C[C@@H]2C[C@@H]1OC(=O)N[C@H](C(=O)N1C[C@H](Oc2nc3cc(OC)ccc3nc2C=C)[C@@H](C)[C@H]1C(=O)OC(C)(C)C)C(C)(C)C. The Bertz CT molecular complexity index is 1610. The van der Waals surface area contributed by atoms with Crippen molar-refractivity contribution in [1.82, 2.24) is 20.2 Å². The summed E-state index contributed by atoms with van der Waals surface area (Å²) in [6.07, 6.45) is 7.01. The van der Waals surface area contributed by atoms with Gasteiger partial charge in [0.25, 0.3) is 0 Å². The molecule has 3 aliphatic rings. The monoisotopic (exact) mass is 690 g/mol. The highest BCUT2D eigenvalue weighted by Gasteiger charge is 2.55. The summed E-state index contributed by atoms with van der Waals surface area (Å²) in [5.41, 5.74) is 0.123. The first-order valence-electron chi connectivity index (χ1n) is 17.8. The fraction of sp³-hybridized carbons (Fsp3) is 0.615. The lowest BCUT2D eigenvalue weighted by atomic mass is 9.85. The first-order valence-corrected chi connectivity index (χ1v) is 17.8. The highest BCUT2D eigenvalue weighted by atomic mass is 16.6. The van der Waals surface area contributed by atoms with Crippen molar-refractivity contribution in [2.24, 2.45) is 29.1 Å². The molecule has 0 unspecified atom stereocenters. The second-order valence-electron chi connectivity index (χ2n) is 16.1. The molecule has 2 saturated carbocycles. The highest BCUT2D eigenvalue weighted by molar-refractivity contribution is 5.91. The molecule has 0 bridgehead atoms. The Morgan fingerprint density at radius 2 is 1.80 bits per heavy atom. The molecule has 272 valence electrons. The van der Waals surface area contributed by atoms with Crippen LogP contribution in [0.2, 0.25) is 0 Å². The minimum absolute atomic E-state index is 0.0546. The summed E-state index contributed by atoms with van der Waals surface area (Å²) in [7, 11) is 1.57. The van der Waals surface area contributed by atoms with Gasteiger partial charge >= 0.3 is 12.1 Å². The van der Waals surface area contributed by atoms with Crippen LogP contribution >= 0.6 is 0 Å². The van der Waals surface area contributed by atoms with Crippen LogP contribution in [0.3, 0.4) is 0 Å². The Morgan fingerprint density at radius 1 is 1.06 bits per heavy atom. The van der Waals surface area contributed by atoms with Crippen LogP contribution in [0.1, 0.15) is 86.3 Å². The van der Waals surface area contributed by atoms with Crippen LogP contribution in [0.5, 0.6) is 11.6 Å². The van der Waals surface area contributed by atoms with Crippen LogP contribution in [-0.4, -0.2) is 76.4 Å². The van der Waals surface area contributed by atoms with Gasteiger partial charge in [-0.3, -0.25) is 4.79 Å². The molecule has 2 aliphatic carbocycles. The molecule has 0 spiro atoms. The maximum atomic E-state index is 14.6. The second kappa shape index (κ2) is 14.6. The lowest BCUT2D eigenvalue weighted by Crippen LogP contribution is -2.58. The third-order valence-electron chi connectivity index (χ3n) is 10.2. The summed E-state index contributed by atoms with van der Waals surface area (Å²) >= 11 is 0. The Labute approximate surface area is 296 Å². The normalized spacial score (nSPS) is 26.5. The van der Waals surface area contributed by atoms with Crippen LogP contribution < -0.4 is 14.8 Å². The number of esters is 1. The Balaban J connectivity index is 1.39. The van der Waals surface area contributed by atoms with Crippen LogP contribution in [0, 0.1) is 29.1 Å². The molecule has 3 fully saturated rings. The van der Waals surface area contributed by atoms with E-state index in [0.717, 1.165) is 25.7 Å². The number of amides is 2. The standard InChI is InChI=1S/C39H54N4O7/c1-11-13-14-15-25-26-18-23(26)19-30(25)49-37(46)42-33(38(4,5)6)35(44)43-21-31(22(3)32(43)36(45)50-39(7,8)9)48-34-27(12-2)40-28-17-16-24(47-10)20-29(28)41-34/h11-12,16-17,20,22-23,25-26,30-33H,1-2,13-15,18-19,21H2,3-10H3,(H,42,46)/t22-,23-,25+,26-,30+,31+,32+,33-/m1/s1. The van der Waals surface area contributed by atoms with Crippen molar-refractivity contribution < 1.29 is 33.3 Å². The molecule has 5 rings (SSSR count). The number of rotatable bonds is 12. The third kappa shape index (κ3) is 8.24. The molecule has 11 nitrogen and oxygen atoms in total. The maximum Gasteiger partial charge on any atom is 0.408 e. The molecule has 50 heavy (non-hydrogen) atoms. The lowest BCUT2D eigenvalue weighted by molar-refractivity contribution is -0.165. The minimum atomic E-state index is -0.988. The fourth-order valence-electron chi connectivity index (χ4n) is 7.51. The van der Waals surface area contributed by atoms with Crippen molar-refractivity contribution in [2.75, 3.05) is 13.7 Å². The molecule has 11 heteroatoms. The molecule has 1 N–H and O–H groups in total. The number of nitrogens with zero attached hydrogens (tertiary/aromatic N) is 3. The number of hydrogen-bond acceptors (Lipinski definition) is 9. The molecule has 2 heterocycles. The number of methoxy groups -OCH3 is 1.